The molecule has 86 valence electrons. The van der Waals surface area contributed by atoms with E-state index in [1.54, 1.807) is 18.3 Å². The monoisotopic (exact) mass is 254 g/mol. The van der Waals surface area contributed by atoms with Gasteiger partial charge in [0.1, 0.15) is 17.3 Å². The second-order valence-electron chi connectivity index (χ2n) is 3.62. The maximum atomic E-state index is 11.7. The predicted molar refractivity (Wildman–Crippen MR) is 66.4 cm³/mol. The average Bonchev–Trinajstić information content (AvgIpc) is 3.01. The summed E-state index contributed by atoms with van der Waals surface area (Å²) in [7, 11) is 0. The number of cyclic esters (lactones) is 1. The highest BCUT2D eigenvalue weighted by Crippen LogP contribution is 2.34. The van der Waals surface area contributed by atoms with Gasteiger partial charge >= 0.3 is 5.97 Å². The van der Waals surface area contributed by atoms with Gasteiger partial charge in [0.2, 0.25) is 0 Å². The third kappa shape index (κ3) is 1.51. The number of allylic oxidation sites excluding steroid dienone is 1. The van der Waals surface area contributed by atoms with Crippen molar-refractivity contribution in [1.82, 2.24) is 4.98 Å². The summed E-state index contributed by atoms with van der Waals surface area (Å²) in [5, 5.41) is 12.9. The van der Waals surface area contributed by atoms with Crippen LogP contribution in [0.5, 0.6) is 0 Å². The number of aromatic nitrogens is 1. The van der Waals surface area contributed by atoms with Gasteiger partial charge in [-0.2, -0.15) is 16.6 Å². The van der Waals surface area contributed by atoms with E-state index in [9.17, 15) is 10.1 Å². The van der Waals surface area contributed by atoms with Gasteiger partial charge in [0, 0.05) is 11.8 Å². The largest absolute Gasteiger partial charge is 0.419 e. The number of nitriles is 1. The Bertz CT molecular complexity index is 696. The Balaban J connectivity index is 2.25. The summed E-state index contributed by atoms with van der Waals surface area (Å²) in [6, 6.07) is 7.19. The summed E-state index contributed by atoms with van der Waals surface area (Å²) in [5.74, 6) is -0.215. The Morgan fingerprint density at radius 1 is 1.44 bits per heavy atom. The zero-order chi connectivity index (χ0) is 12.5. The number of hydrogen-bond acceptors (Lipinski definition) is 5. The van der Waals surface area contributed by atoms with E-state index in [0.717, 1.165) is 5.56 Å². The number of carbonyl (C=O) groups excluding carboxylic acids is 1. The predicted octanol–water partition coefficient (Wildman–Crippen LogP) is 2.71. The van der Waals surface area contributed by atoms with Crippen LogP contribution in [0.25, 0.3) is 11.3 Å². The van der Waals surface area contributed by atoms with Crippen LogP contribution >= 0.6 is 11.3 Å². The summed E-state index contributed by atoms with van der Waals surface area (Å²) in [5.41, 5.74) is 1.91. The van der Waals surface area contributed by atoms with Crippen LogP contribution in [-0.4, -0.2) is 11.0 Å². The van der Waals surface area contributed by atoms with Gasteiger partial charge in [-0.1, -0.05) is 0 Å². The molecule has 0 saturated heterocycles. The quantitative estimate of drug-likeness (QED) is 0.579. The standard InChI is InChI=1S/C13H6N2O2S/c14-6-10(8-3-5-18-7-8)12-11-9(13(16)17-12)2-1-4-15-11/h1-5,7H/b12-10-. The number of pyridine rings is 1. The maximum absolute atomic E-state index is 11.7. The van der Waals surface area contributed by atoms with Gasteiger partial charge in [-0.25, -0.2) is 4.79 Å². The minimum atomic E-state index is -0.462. The van der Waals surface area contributed by atoms with Crippen LogP contribution in [0.1, 0.15) is 21.6 Å². The number of thiophene rings is 1. The molecule has 0 saturated carbocycles. The topological polar surface area (TPSA) is 63.0 Å². The molecule has 0 amide bonds. The van der Waals surface area contributed by atoms with Crippen LogP contribution in [-0.2, 0) is 4.74 Å². The Morgan fingerprint density at radius 2 is 2.33 bits per heavy atom. The van der Waals surface area contributed by atoms with Crippen LogP contribution in [0.3, 0.4) is 0 Å². The first-order valence-corrected chi connectivity index (χ1v) is 6.10. The minimum Gasteiger partial charge on any atom is -0.419 e. The van der Waals surface area contributed by atoms with E-state index in [1.165, 1.54) is 11.3 Å². The van der Waals surface area contributed by atoms with Crippen molar-refractivity contribution in [1.29, 1.82) is 5.26 Å². The molecule has 5 heteroatoms. The molecule has 0 N–H and O–H groups in total. The van der Waals surface area contributed by atoms with Crippen LogP contribution in [0, 0.1) is 11.3 Å². The molecule has 0 aliphatic carbocycles. The normalized spacial score (nSPS) is 15.8. The van der Waals surface area contributed by atoms with Crippen LogP contribution in [0.15, 0.2) is 35.2 Å². The molecule has 18 heavy (non-hydrogen) atoms. The molecule has 0 atom stereocenters. The molecule has 1 aliphatic rings. The molecule has 0 bridgehead atoms. The number of esters is 1. The number of carbonyl (C=O) groups is 1. The van der Waals surface area contributed by atoms with Gasteiger partial charge in [0.15, 0.2) is 5.76 Å². The lowest BCUT2D eigenvalue weighted by molar-refractivity contribution is 0.0716. The van der Waals surface area contributed by atoms with E-state index in [0.29, 0.717) is 16.8 Å². The van der Waals surface area contributed by atoms with Crippen molar-refractivity contribution < 1.29 is 9.53 Å². The Hall–Kier alpha value is -2.45. The summed E-state index contributed by atoms with van der Waals surface area (Å²) >= 11 is 1.48. The molecule has 2 aromatic heterocycles. The second kappa shape index (κ2) is 4.09. The molecule has 0 fully saturated rings. The third-order valence-electron chi connectivity index (χ3n) is 2.59. The Kier molecular flexibility index (Phi) is 2.43. The van der Waals surface area contributed by atoms with Crippen LogP contribution < -0.4 is 0 Å². The van der Waals surface area contributed by atoms with Gasteiger partial charge < -0.3 is 4.74 Å². The first kappa shape index (κ1) is 10.7. The molecule has 1 aliphatic heterocycles. The second-order valence-corrected chi connectivity index (χ2v) is 4.40. The van der Waals surface area contributed by atoms with E-state index in [-0.39, 0.29) is 5.76 Å². The highest BCUT2D eigenvalue weighted by atomic mass is 32.1. The number of rotatable bonds is 1. The molecular weight excluding hydrogens is 248 g/mol. The van der Waals surface area contributed by atoms with Crippen molar-refractivity contribution in [2.45, 2.75) is 0 Å². The minimum absolute atomic E-state index is 0.247. The fraction of sp³-hybridized carbons (Fsp3) is 0. The summed E-state index contributed by atoms with van der Waals surface area (Å²) < 4.78 is 5.17. The summed E-state index contributed by atoms with van der Waals surface area (Å²) in [4.78, 5) is 15.8. The molecule has 2 aromatic rings. The van der Waals surface area contributed by atoms with Gasteiger partial charge in [-0.05, 0) is 29.0 Å². The van der Waals surface area contributed by atoms with Crippen molar-refractivity contribution in [3.05, 3.63) is 52.0 Å². The lowest BCUT2D eigenvalue weighted by atomic mass is 10.1. The molecule has 0 aromatic carbocycles. The highest BCUT2D eigenvalue weighted by Gasteiger charge is 2.30. The fourth-order valence-electron chi connectivity index (χ4n) is 1.77. The van der Waals surface area contributed by atoms with Crippen molar-refractivity contribution in [2.24, 2.45) is 0 Å². The SMILES string of the molecule is N#C/C(=C1/OC(=O)c2cccnc21)c1ccsc1. The molecular formula is C13H6N2O2S. The van der Waals surface area contributed by atoms with Crippen molar-refractivity contribution >= 4 is 28.6 Å². The van der Waals surface area contributed by atoms with Crippen LogP contribution in [0.2, 0.25) is 0 Å². The Morgan fingerprint density at radius 3 is 3.06 bits per heavy atom. The van der Waals surface area contributed by atoms with Gasteiger partial charge in [-0.3, -0.25) is 4.98 Å². The number of nitrogens with zero attached hydrogens (tertiary/aromatic N) is 2. The smallest absolute Gasteiger partial charge is 0.346 e. The number of hydrogen-bond donors (Lipinski definition) is 0. The number of ether oxygens (including phenoxy) is 1. The van der Waals surface area contributed by atoms with Crippen LogP contribution in [0.4, 0.5) is 0 Å². The molecule has 0 radical (unpaired) electrons. The lowest BCUT2D eigenvalue weighted by Gasteiger charge is -2.00. The molecule has 0 unspecified atom stereocenters. The van der Waals surface area contributed by atoms with Gasteiger partial charge in [-0.15, -0.1) is 0 Å². The zero-order valence-electron chi connectivity index (χ0n) is 9.08. The lowest BCUT2D eigenvalue weighted by Crippen LogP contribution is -1.93. The van der Waals surface area contributed by atoms with Crippen molar-refractivity contribution in [3.63, 3.8) is 0 Å². The van der Waals surface area contributed by atoms with E-state index in [2.05, 4.69) is 11.1 Å². The average molecular weight is 254 g/mol. The van der Waals surface area contributed by atoms with E-state index in [4.69, 9.17) is 4.74 Å². The van der Waals surface area contributed by atoms with Crippen molar-refractivity contribution in [3.8, 4) is 6.07 Å². The van der Waals surface area contributed by atoms with E-state index >= 15 is 0 Å². The Labute approximate surface area is 107 Å². The van der Waals surface area contributed by atoms with E-state index in [1.807, 2.05) is 16.8 Å². The summed E-state index contributed by atoms with van der Waals surface area (Å²) in [6.45, 7) is 0. The first-order valence-electron chi connectivity index (χ1n) is 5.16. The van der Waals surface area contributed by atoms with Gasteiger partial charge in [0.05, 0.1) is 5.56 Å². The maximum Gasteiger partial charge on any atom is 0.346 e. The first-order chi connectivity index (χ1) is 8.81. The molecule has 3 rings (SSSR count). The molecule has 4 nitrogen and oxygen atoms in total. The zero-order valence-corrected chi connectivity index (χ0v) is 9.90. The summed E-state index contributed by atoms with van der Waals surface area (Å²) in [6.07, 6.45) is 1.57. The third-order valence-corrected chi connectivity index (χ3v) is 3.27. The van der Waals surface area contributed by atoms with Gasteiger partial charge in [0.25, 0.3) is 0 Å². The van der Waals surface area contributed by atoms with Crippen molar-refractivity contribution in [2.75, 3.05) is 0 Å². The highest BCUT2D eigenvalue weighted by molar-refractivity contribution is 7.08. The molecule has 0 spiro atoms. The van der Waals surface area contributed by atoms with E-state index < -0.39 is 5.97 Å². The fourth-order valence-corrected chi connectivity index (χ4v) is 2.42. The molecule has 3 heterocycles. The number of fused-ring (bicyclic) bond motifs is 1.